The number of amides is 1. The van der Waals surface area contributed by atoms with Gasteiger partial charge in [0.1, 0.15) is 5.75 Å². The van der Waals surface area contributed by atoms with Crippen LogP contribution in [0.25, 0.3) is 0 Å². The third-order valence-corrected chi connectivity index (χ3v) is 4.14. The summed E-state index contributed by atoms with van der Waals surface area (Å²) in [7, 11) is 1.63. The normalized spacial score (nSPS) is 15.5. The van der Waals surface area contributed by atoms with Gasteiger partial charge in [0.2, 0.25) is 17.7 Å². The minimum atomic E-state index is 0.150. The fourth-order valence-corrected chi connectivity index (χ4v) is 2.82. The first-order chi connectivity index (χ1) is 11.6. The van der Waals surface area contributed by atoms with Crippen molar-refractivity contribution in [3.63, 3.8) is 0 Å². The van der Waals surface area contributed by atoms with E-state index in [9.17, 15) is 4.79 Å². The summed E-state index contributed by atoms with van der Waals surface area (Å²) in [5.41, 5.74) is 0.975. The van der Waals surface area contributed by atoms with E-state index in [1.807, 2.05) is 29.2 Å². The second kappa shape index (κ2) is 7.44. The molecule has 1 amide bonds. The summed E-state index contributed by atoms with van der Waals surface area (Å²) in [6, 6.07) is 7.65. The third kappa shape index (κ3) is 4.11. The van der Waals surface area contributed by atoms with Gasteiger partial charge in [0.15, 0.2) is 0 Å². The van der Waals surface area contributed by atoms with Crippen LogP contribution in [0, 0.1) is 6.92 Å². The Morgan fingerprint density at radius 1 is 1.25 bits per heavy atom. The Balaban J connectivity index is 1.49. The Morgan fingerprint density at radius 2 is 2.04 bits per heavy atom. The predicted octanol–water partition coefficient (Wildman–Crippen LogP) is 1.27. The molecule has 0 radical (unpaired) electrons. The average Bonchev–Trinajstić information content (AvgIpc) is 3.00. The van der Waals surface area contributed by atoms with Gasteiger partial charge in [0.25, 0.3) is 0 Å². The topological polar surface area (TPSA) is 71.7 Å². The highest BCUT2D eigenvalue weighted by Crippen LogP contribution is 2.15. The molecule has 0 atom stereocenters. The Morgan fingerprint density at radius 3 is 2.71 bits per heavy atom. The standard InChI is InChI=1S/C17H22N4O3/c1-13-18-19-16(24-13)12-20-6-8-21(9-7-20)17(22)11-14-4-3-5-15(10-14)23-2/h3-5,10H,6-9,11-12H2,1-2H3. The highest BCUT2D eigenvalue weighted by Gasteiger charge is 2.22. The fraction of sp³-hybridized carbons (Fsp3) is 0.471. The second-order valence-corrected chi connectivity index (χ2v) is 5.90. The molecule has 0 unspecified atom stereocenters. The van der Waals surface area contributed by atoms with E-state index in [0.717, 1.165) is 37.5 Å². The minimum absolute atomic E-state index is 0.150. The zero-order chi connectivity index (χ0) is 16.9. The van der Waals surface area contributed by atoms with Crippen molar-refractivity contribution in [3.8, 4) is 5.75 Å². The Hall–Kier alpha value is -2.41. The summed E-state index contributed by atoms with van der Waals surface area (Å²) in [6.07, 6.45) is 0.403. The van der Waals surface area contributed by atoms with Crippen molar-refractivity contribution in [1.29, 1.82) is 0 Å². The van der Waals surface area contributed by atoms with Crippen LogP contribution in [-0.4, -0.2) is 59.2 Å². The Labute approximate surface area is 141 Å². The van der Waals surface area contributed by atoms with Gasteiger partial charge in [0.05, 0.1) is 20.1 Å². The van der Waals surface area contributed by atoms with E-state index >= 15 is 0 Å². The number of benzene rings is 1. The molecule has 3 rings (SSSR count). The predicted molar refractivity (Wildman–Crippen MR) is 87.6 cm³/mol. The van der Waals surface area contributed by atoms with E-state index < -0.39 is 0 Å². The van der Waals surface area contributed by atoms with E-state index in [4.69, 9.17) is 9.15 Å². The molecule has 2 heterocycles. The van der Waals surface area contributed by atoms with Crippen molar-refractivity contribution in [3.05, 3.63) is 41.6 Å². The molecule has 2 aromatic rings. The molecular weight excluding hydrogens is 308 g/mol. The van der Waals surface area contributed by atoms with Crippen LogP contribution in [0.1, 0.15) is 17.3 Å². The van der Waals surface area contributed by atoms with Crippen LogP contribution in [0.3, 0.4) is 0 Å². The molecule has 0 saturated carbocycles. The number of carbonyl (C=O) groups is 1. The lowest BCUT2D eigenvalue weighted by Crippen LogP contribution is -2.48. The van der Waals surface area contributed by atoms with Gasteiger partial charge in [-0.3, -0.25) is 9.69 Å². The summed E-state index contributed by atoms with van der Waals surface area (Å²) in [4.78, 5) is 16.6. The largest absolute Gasteiger partial charge is 0.497 e. The van der Waals surface area contributed by atoms with Gasteiger partial charge in [-0.1, -0.05) is 12.1 Å². The van der Waals surface area contributed by atoms with Gasteiger partial charge in [-0.05, 0) is 17.7 Å². The van der Waals surface area contributed by atoms with Crippen LogP contribution in [-0.2, 0) is 17.8 Å². The van der Waals surface area contributed by atoms with Crippen LogP contribution in [0.5, 0.6) is 5.75 Å². The summed E-state index contributed by atoms with van der Waals surface area (Å²) in [5, 5.41) is 7.85. The molecule has 1 aromatic heterocycles. The lowest BCUT2D eigenvalue weighted by atomic mass is 10.1. The van der Waals surface area contributed by atoms with Crippen molar-refractivity contribution in [2.75, 3.05) is 33.3 Å². The number of nitrogens with zero attached hydrogens (tertiary/aromatic N) is 4. The van der Waals surface area contributed by atoms with Crippen LogP contribution in [0.2, 0.25) is 0 Å². The quantitative estimate of drug-likeness (QED) is 0.822. The zero-order valence-electron chi connectivity index (χ0n) is 14.1. The van der Waals surface area contributed by atoms with Crippen LogP contribution < -0.4 is 4.74 Å². The SMILES string of the molecule is COc1cccc(CC(=O)N2CCN(Cc3nnc(C)o3)CC2)c1. The minimum Gasteiger partial charge on any atom is -0.497 e. The Bertz CT molecular complexity index is 693. The van der Waals surface area contributed by atoms with E-state index in [1.54, 1.807) is 14.0 Å². The molecule has 7 nitrogen and oxygen atoms in total. The van der Waals surface area contributed by atoms with Gasteiger partial charge in [-0.2, -0.15) is 0 Å². The number of aryl methyl sites for hydroxylation is 1. The maximum absolute atomic E-state index is 12.5. The lowest BCUT2D eigenvalue weighted by molar-refractivity contribution is -0.132. The van der Waals surface area contributed by atoms with Crippen molar-refractivity contribution in [1.82, 2.24) is 20.0 Å². The maximum Gasteiger partial charge on any atom is 0.230 e. The molecule has 24 heavy (non-hydrogen) atoms. The molecule has 1 aromatic carbocycles. The maximum atomic E-state index is 12.5. The first-order valence-electron chi connectivity index (χ1n) is 8.06. The molecule has 1 aliphatic heterocycles. The Kier molecular flexibility index (Phi) is 5.10. The fourth-order valence-electron chi connectivity index (χ4n) is 2.82. The van der Waals surface area contributed by atoms with Gasteiger partial charge in [-0.25, -0.2) is 0 Å². The summed E-state index contributed by atoms with van der Waals surface area (Å²) < 4.78 is 10.6. The van der Waals surface area contributed by atoms with E-state index in [0.29, 0.717) is 24.7 Å². The number of ether oxygens (including phenoxy) is 1. The molecule has 0 N–H and O–H groups in total. The second-order valence-electron chi connectivity index (χ2n) is 5.90. The van der Waals surface area contributed by atoms with Gasteiger partial charge in [-0.15, -0.1) is 10.2 Å². The first kappa shape index (κ1) is 16.4. The summed E-state index contributed by atoms with van der Waals surface area (Å²) >= 11 is 0. The number of hydrogen-bond donors (Lipinski definition) is 0. The number of piperazine rings is 1. The molecule has 1 fully saturated rings. The van der Waals surface area contributed by atoms with Crippen LogP contribution in [0.15, 0.2) is 28.7 Å². The van der Waals surface area contributed by atoms with Crippen molar-refractivity contribution in [2.24, 2.45) is 0 Å². The zero-order valence-corrected chi connectivity index (χ0v) is 14.1. The summed E-state index contributed by atoms with van der Waals surface area (Å²) in [6.45, 7) is 5.48. The highest BCUT2D eigenvalue weighted by atomic mass is 16.5. The van der Waals surface area contributed by atoms with Gasteiger partial charge in [0, 0.05) is 33.1 Å². The van der Waals surface area contributed by atoms with Crippen molar-refractivity contribution >= 4 is 5.91 Å². The van der Waals surface area contributed by atoms with Crippen LogP contribution >= 0.6 is 0 Å². The third-order valence-electron chi connectivity index (χ3n) is 4.14. The molecular formula is C17H22N4O3. The van der Waals surface area contributed by atoms with Crippen molar-refractivity contribution < 1.29 is 13.9 Å². The van der Waals surface area contributed by atoms with E-state index in [-0.39, 0.29) is 5.91 Å². The molecule has 7 heteroatoms. The molecule has 128 valence electrons. The number of hydrogen-bond acceptors (Lipinski definition) is 6. The van der Waals surface area contributed by atoms with Crippen LogP contribution in [0.4, 0.5) is 0 Å². The molecule has 0 aliphatic carbocycles. The van der Waals surface area contributed by atoms with Crippen molar-refractivity contribution in [2.45, 2.75) is 19.9 Å². The van der Waals surface area contributed by atoms with Gasteiger partial charge < -0.3 is 14.1 Å². The average molecular weight is 330 g/mol. The number of aromatic nitrogens is 2. The van der Waals surface area contributed by atoms with Gasteiger partial charge >= 0.3 is 0 Å². The molecule has 1 aliphatic rings. The summed E-state index contributed by atoms with van der Waals surface area (Å²) in [5.74, 6) is 2.14. The van der Waals surface area contributed by atoms with E-state index in [1.165, 1.54) is 0 Å². The first-order valence-corrected chi connectivity index (χ1v) is 8.06. The van der Waals surface area contributed by atoms with E-state index in [2.05, 4.69) is 15.1 Å². The highest BCUT2D eigenvalue weighted by molar-refractivity contribution is 5.79. The smallest absolute Gasteiger partial charge is 0.230 e. The monoisotopic (exact) mass is 330 g/mol. The number of rotatable bonds is 5. The number of methoxy groups -OCH3 is 1. The number of carbonyl (C=O) groups excluding carboxylic acids is 1. The molecule has 0 bridgehead atoms. The molecule has 0 spiro atoms. The molecule has 1 saturated heterocycles. The lowest BCUT2D eigenvalue weighted by Gasteiger charge is -2.34.